The number of furan rings is 1. The van der Waals surface area contributed by atoms with Gasteiger partial charge in [0, 0.05) is 24.3 Å². The minimum absolute atomic E-state index is 0.381. The number of carbonyl (C=O) groups excluding carboxylic acids is 1. The molecule has 3 rings (SSSR count). The van der Waals surface area contributed by atoms with E-state index in [1.807, 2.05) is 6.07 Å². The number of aryl methyl sites for hydroxylation is 1. The Labute approximate surface area is 119 Å². The van der Waals surface area contributed by atoms with Crippen molar-refractivity contribution in [3.8, 4) is 11.3 Å². The van der Waals surface area contributed by atoms with Crippen LogP contribution in [0.5, 0.6) is 0 Å². The molecule has 2 heterocycles. The number of carbonyl (C=O) groups is 1. The summed E-state index contributed by atoms with van der Waals surface area (Å²) in [7, 11) is 0. The van der Waals surface area contributed by atoms with Gasteiger partial charge in [0.2, 0.25) is 0 Å². The molecular weight excluding hydrogens is 250 g/mol. The van der Waals surface area contributed by atoms with Gasteiger partial charge in [0.25, 0.3) is 0 Å². The highest BCUT2D eigenvalue weighted by Crippen LogP contribution is 2.34. The van der Waals surface area contributed by atoms with Crippen LogP contribution in [0.1, 0.15) is 35.4 Å². The maximum atomic E-state index is 10.8. The molecule has 0 spiro atoms. The van der Waals surface area contributed by atoms with E-state index in [9.17, 15) is 4.79 Å². The lowest BCUT2D eigenvalue weighted by Crippen LogP contribution is -2.29. The molecule has 1 fully saturated rings. The molecule has 20 heavy (non-hydrogen) atoms. The SMILES string of the molecule is Cc1ccc(N2CCCCC2)c(-c2ccc(C=O)o2)c1. The predicted octanol–water partition coefficient (Wildman–Crippen LogP) is 4.06. The highest BCUT2D eigenvalue weighted by Gasteiger charge is 2.17. The minimum Gasteiger partial charge on any atom is -0.453 e. The first-order valence-electron chi connectivity index (χ1n) is 7.19. The van der Waals surface area contributed by atoms with Gasteiger partial charge in [0.15, 0.2) is 12.0 Å². The molecule has 1 saturated heterocycles. The Morgan fingerprint density at radius 3 is 2.60 bits per heavy atom. The second-order valence-corrected chi connectivity index (χ2v) is 5.39. The first kappa shape index (κ1) is 13.0. The van der Waals surface area contributed by atoms with Crippen molar-refractivity contribution < 1.29 is 9.21 Å². The van der Waals surface area contributed by atoms with Crippen LogP contribution < -0.4 is 4.90 Å². The van der Waals surface area contributed by atoms with Gasteiger partial charge in [-0.2, -0.15) is 0 Å². The molecule has 0 N–H and O–H groups in total. The van der Waals surface area contributed by atoms with E-state index in [-0.39, 0.29) is 0 Å². The summed E-state index contributed by atoms with van der Waals surface area (Å²) in [5.74, 6) is 1.16. The third kappa shape index (κ3) is 2.48. The maximum Gasteiger partial charge on any atom is 0.185 e. The molecular formula is C17H19NO2. The highest BCUT2D eigenvalue weighted by atomic mass is 16.3. The number of piperidine rings is 1. The summed E-state index contributed by atoms with van der Waals surface area (Å²) in [4.78, 5) is 13.2. The van der Waals surface area contributed by atoms with Crippen molar-refractivity contribution in [3.63, 3.8) is 0 Å². The molecule has 3 nitrogen and oxygen atoms in total. The Morgan fingerprint density at radius 1 is 1.10 bits per heavy atom. The topological polar surface area (TPSA) is 33.5 Å². The molecule has 3 heteroatoms. The Balaban J connectivity index is 2.03. The van der Waals surface area contributed by atoms with Crippen molar-refractivity contribution in [2.24, 2.45) is 0 Å². The monoisotopic (exact) mass is 269 g/mol. The Morgan fingerprint density at radius 2 is 1.90 bits per heavy atom. The van der Waals surface area contributed by atoms with Gasteiger partial charge >= 0.3 is 0 Å². The number of hydrogen-bond donors (Lipinski definition) is 0. The van der Waals surface area contributed by atoms with Crippen LogP contribution in [-0.4, -0.2) is 19.4 Å². The van der Waals surface area contributed by atoms with Crippen molar-refractivity contribution in [1.29, 1.82) is 0 Å². The van der Waals surface area contributed by atoms with Crippen molar-refractivity contribution in [3.05, 3.63) is 41.7 Å². The van der Waals surface area contributed by atoms with Gasteiger partial charge in [-0.25, -0.2) is 0 Å². The zero-order chi connectivity index (χ0) is 13.9. The fourth-order valence-corrected chi connectivity index (χ4v) is 2.82. The third-order valence-corrected chi connectivity index (χ3v) is 3.86. The molecule has 0 aliphatic carbocycles. The maximum absolute atomic E-state index is 10.8. The average Bonchev–Trinajstić information content (AvgIpc) is 2.97. The Hall–Kier alpha value is -2.03. The van der Waals surface area contributed by atoms with Crippen LogP contribution in [0, 0.1) is 6.92 Å². The lowest BCUT2D eigenvalue weighted by molar-refractivity contribution is 0.110. The van der Waals surface area contributed by atoms with E-state index in [4.69, 9.17) is 4.42 Å². The molecule has 1 aliphatic rings. The first-order valence-corrected chi connectivity index (χ1v) is 7.19. The van der Waals surface area contributed by atoms with Gasteiger partial charge in [-0.1, -0.05) is 11.6 Å². The van der Waals surface area contributed by atoms with E-state index < -0.39 is 0 Å². The number of aldehydes is 1. The number of rotatable bonds is 3. The highest BCUT2D eigenvalue weighted by molar-refractivity contribution is 5.79. The standard InChI is InChI=1S/C17H19NO2/c1-13-5-7-16(18-9-3-2-4-10-18)15(11-13)17-8-6-14(12-19)20-17/h5-8,11-12H,2-4,9-10H2,1H3. The first-order chi connectivity index (χ1) is 9.78. The Kier molecular flexibility index (Phi) is 3.59. The van der Waals surface area contributed by atoms with E-state index in [2.05, 4.69) is 30.0 Å². The summed E-state index contributed by atoms with van der Waals surface area (Å²) in [6.07, 6.45) is 4.55. The van der Waals surface area contributed by atoms with Gasteiger partial charge in [-0.3, -0.25) is 4.79 Å². The molecule has 1 aromatic heterocycles. The van der Waals surface area contributed by atoms with Gasteiger partial charge in [-0.15, -0.1) is 0 Å². The molecule has 0 radical (unpaired) electrons. The fourth-order valence-electron chi connectivity index (χ4n) is 2.82. The van der Waals surface area contributed by atoms with E-state index in [0.717, 1.165) is 30.7 Å². The average molecular weight is 269 g/mol. The van der Waals surface area contributed by atoms with Gasteiger partial charge in [0.1, 0.15) is 5.76 Å². The summed E-state index contributed by atoms with van der Waals surface area (Å²) in [5, 5.41) is 0. The van der Waals surface area contributed by atoms with E-state index in [1.54, 1.807) is 6.07 Å². The second-order valence-electron chi connectivity index (χ2n) is 5.39. The second kappa shape index (κ2) is 5.53. The number of benzene rings is 1. The summed E-state index contributed by atoms with van der Waals surface area (Å²) < 4.78 is 5.61. The molecule has 0 saturated carbocycles. The predicted molar refractivity (Wildman–Crippen MR) is 80.3 cm³/mol. The Bertz CT molecular complexity index is 609. The molecule has 2 aromatic rings. The van der Waals surface area contributed by atoms with Crippen LogP contribution in [0.2, 0.25) is 0 Å². The summed E-state index contributed by atoms with van der Waals surface area (Å²) in [5.41, 5.74) is 3.49. The van der Waals surface area contributed by atoms with E-state index in [1.165, 1.54) is 30.5 Å². The lowest BCUT2D eigenvalue weighted by Gasteiger charge is -2.30. The van der Waals surface area contributed by atoms with Crippen LogP contribution in [0.3, 0.4) is 0 Å². The van der Waals surface area contributed by atoms with Crippen molar-refractivity contribution in [2.45, 2.75) is 26.2 Å². The zero-order valence-electron chi connectivity index (χ0n) is 11.8. The zero-order valence-corrected chi connectivity index (χ0v) is 11.8. The van der Waals surface area contributed by atoms with Gasteiger partial charge < -0.3 is 9.32 Å². The van der Waals surface area contributed by atoms with Gasteiger partial charge in [0.05, 0.1) is 0 Å². The summed E-state index contributed by atoms with van der Waals surface area (Å²) in [6.45, 7) is 4.27. The number of anilines is 1. The molecule has 104 valence electrons. The third-order valence-electron chi connectivity index (χ3n) is 3.86. The van der Waals surface area contributed by atoms with E-state index >= 15 is 0 Å². The molecule has 0 atom stereocenters. The van der Waals surface area contributed by atoms with Crippen molar-refractivity contribution in [2.75, 3.05) is 18.0 Å². The van der Waals surface area contributed by atoms with Crippen LogP contribution in [0.15, 0.2) is 34.7 Å². The van der Waals surface area contributed by atoms with Gasteiger partial charge in [-0.05, 0) is 50.5 Å². The normalized spacial score (nSPS) is 15.3. The van der Waals surface area contributed by atoms with Crippen molar-refractivity contribution in [1.82, 2.24) is 0 Å². The molecule has 0 bridgehead atoms. The number of hydrogen-bond acceptors (Lipinski definition) is 3. The van der Waals surface area contributed by atoms with Crippen LogP contribution >= 0.6 is 0 Å². The summed E-state index contributed by atoms with van der Waals surface area (Å²) >= 11 is 0. The summed E-state index contributed by atoms with van der Waals surface area (Å²) in [6, 6.07) is 10.0. The van der Waals surface area contributed by atoms with Crippen LogP contribution in [0.4, 0.5) is 5.69 Å². The minimum atomic E-state index is 0.381. The quantitative estimate of drug-likeness (QED) is 0.788. The molecule has 0 amide bonds. The lowest BCUT2D eigenvalue weighted by atomic mass is 10.0. The fraction of sp³-hybridized carbons (Fsp3) is 0.353. The van der Waals surface area contributed by atoms with Crippen molar-refractivity contribution >= 4 is 12.0 Å². The number of nitrogens with zero attached hydrogens (tertiary/aromatic N) is 1. The van der Waals surface area contributed by atoms with E-state index in [0.29, 0.717) is 5.76 Å². The largest absolute Gasteiger partial charge is 0.453 e. The molecule has 1 aliphatic heterocycles. The molecule has 0 unspecified atom stereocenters. The smallest absolute Gasteiger partial charge is 0.185 e. The molecule has 1 aromatic carbocycles. The van der Waals surface area contributed by atoms with Crippen LogP contribution in [0.25, 0.3) is 11.3 Å². The van der Waals surface area contributed by atoms with Crippen LogP contribution in [-0.2, 0) is 0 Å².